The van der Waals surface area contributed by atoms with E-state index in [2.05, 4.69) is 10.2 Å². The molecule has 0 saturated carbocycles. The van der Waals surface area contributed by atoms with Crippen LogP contribution in [-0.4, -0.2) is 42.8 Å². The molecule has 3 heterocycles. The van der Waals surface area contributed by atoms with E-state index < -0.39 is 5.60 Å². The number of amides is 1. The van der Waals surface area contributed by atoms with Gasteiger partial charge in [-0.3, -0.25) is 0 Å². The lowest BCUT2D eigenvalue weighted by molar-refractivity contribution is 0.0411. The van der Waals surface area contributed by atoms with Crippen molar-refractivity contribution >= 4 is 6.09 Å². The van der Waals surface area contributed by atoms with E-state index in [1.807, 2.05) is 20.8 Å². The summed E-state index contributed by atoms with van der Waals surface area (Å²) in [5.41, 5.74) is -0.403. The van der Waals surface area contributed by atoms with Gasteiger partial charge in [0, 0.05) is 13.1 Å². The van der Waals surface area contributed by atoms with Crippen molar-refractivity contribution in [3.63, 3.8) is 0 Å². The number of nitrogens with one attached hydrogen (secondary N) is 1. The van der Waals surface area contributed by atoms with Crippen LogP contribution in [0.2, 0.25) is 0 Å². The number of piperidine rings is 3. The molecule has 4 nitrogen and oxygen atoms in total. The van der Waals surface area contributed by atoms with E-state index in [4.69, 9.17) is 4.74 Å². The number of ether oxygens (including phenoxy) is 1. The Balaban J connectivity index is 1.65. The second-order valence-electron chi connectivity index (χ2n) is 6.62. The Morgan fingerprint density at radius 3 is 2.50 bits per heavy atom. The Bertz CT molecular complexity index is 291. The van der Waals surface area contributed by atoms with Crippen LogP contribution < -0.4 is 5.32 Å². The molecule has 1 amide bonds. The van der Waals surface area contributed by atoms with Crippen LogP contribution in [0.25, 0.3) is 0 Å². The van der Waals surface area contributed by atoms with Gasteiger partial charge in [0.2, 0.25) is 0 Å². The van der Waals surface area contributed by atoms with Gasteiger partial charge in [0.15, 0.2) is 0 Å². The zero-order valence-corrected chi connectivity index (χ0v) is 11.9. The minimum absolute atomic E-state index is 0.288. The third-order valence-corrected chi connectivity index (χ3v) is 3.97. The van der Waals surface area contributed by atoms with Crippen LogP contribution in [0, 0.1) is 11.8 Å². The first-order chi connectivity index (χ1) is 8.44. The minimum atomic E-state index is -0.403. The van der Waals surface area contributed by atoms with Gasteiger partial charge in [0.25, 0.3) is 0 Å². The molecule has 0 aromatic heterocycles. The SMILES string of the molecule is CC(C)(C)OC(=O)NCCC1CN2CCC1CC2. The Morgan fingerprint density at radius 2 is 2.00 bits per heavy atom. The molecule has 3 saturated heterocycles. The summed E-state index contributed by atoms with van der Waals surface area (Å²) in [4.78, 5) is 14.1. The van der Waals surface area contributed by atoms with E-state index in [0.717, 1.165) is 24.8 Å². The van der Waals surface area contributed by atoms with E-state index >= 15 is 0 Å². The smallest absolute Gasteiger partial charge is 0.407 e. The van der Waals surface area contributed by atoms with Crippen molar-refractivity contribution in [1.29, 1.82) is 0 Å². The quantitative estimate of drug-likeness (QED) is 0.840. The fourth-order valence-electron chi connectivity index (χ4n) is 3.09. The summed E-state index contributed by atoms with van der Waals surface area (Å²) in [5, 5.41) is 2.87. The van der Waals surface area contributed by atoms with Gasteiger partial charge in [-0.2, -0.15) is 0 Å². The summed E-state index contributed by atoms with van der Waals surface area (Å²) >= 11 is 0. The maximum absolute atomic E-state index is 11.5. The third kappa shape index (κ3) is 3.87. The second-order valence-corrected chi connectivity index (χ2v) is 6.62. The van der Waals surface area contributed by atoms with Crippen molar-refractivity contribution in [2.75, 3.05) is 26.2 Å². The fraction of sp³-hybridized carbons (Fsp3) is 0.929. The molecule has 3 aliphatic rings. The first kappa shape index (κ1) is 13.7. The number of alkyl carbamates (subject to hydrolysis) is 1. The molecule has 3 aliphatic heterocycles. The molecule has 1 N–H and O–H groups in total. The van der Waals surface area contributed by atoms with Crippen LogP contribution in [-0.2, 0) is 4.74 Å². The largest absolute Gasteiger partial charge is 0.444 e. The van der Waals surface area contributed by atoms with Crippen molar-refractivity contribution in [2.45, 2.75) is 45.6 Å². The van der Waals surface area contributed by atoms with Gasteiger partial charge in [-0.25, -0.2) is 4.79 Å². The highest BCUT2D eigenvalue weighted by Crippen LogP contribution is 2.33. The molecule has 0 aliphatic carbocycles. The van der Waals surface area contributed by atoms with E-state index in [1.54, 1.807) is 0 Å². The van der Waals surface area contributed by atoms with Gasteiger partial charge in [-0.1, -0.05) is 0 Å². The standard InChI is InChI=1S/C14H26N2O2/c1-14(2,3)18-13(17)15-7-4-12-10-16-8-5-11(12)6-9-16/h11-12H,4-10H2,1-3H3,(H,15,17). The van der Waals surface area contributed by atoms with Gasteiger partial charge in [-0.15, -0.1) is 0 Å². The number of hydrogen-bond donors (Lipinski definition) is 1. The summed E-state index contributed by atoms with van der Waals surface area (Å²) < 4.78 is 5.23. The van der Waals surface area contributed by atoms with E-state index in [0.29, 0.717) is 0 Å². The van der Waals surface area contributed by atoms with Crippen LogP contribution >= 0.6 is 0 Å². The lowest BCUT2D eigenvalue weighted by Crippen LogP contribution is -2.48. The van der Waals surface area contributed by atoms with Crippen LogP contribution in [0.4, 0.5) is 4.79 Å². The Labute approximate surface area is 110 Å². The number of carbonyl (C=O) groups excluding carboxylic acids is 1. The average Bonchev–Trinajstić information content (AvgIpc) is 2.28. The highest BCUT2D eigenvalue weighted by molar-refractivity contribution is 5.67. The summed E-state index contributed by atoms with van der Waals surface area (Å²) in [6.45, 7) is 10.2. The molecular weight excluding hydrogens is 228 g/mol. The molecular formula is C14H26N2O2. The normalized spacial score (nSPS) is 31.2. The summed E-state index contributed by atoms with van der Waals surface area (Å²) in [6, 6.07) is 0. The van der Waals surface area contributed by atoms with Crippen molar-refractivity contribution in [3.8, 4) is 0 Å². The first-order valence-electron chi connectivity index (χ1n) is 7.13. The zero-order chi connectivity index (χ0) is 13.2. The molecule has 1 unspecified atom stereocenters. The van der Waals surface area contributed by atoms with Crippen LogP contribution in [0.1, 0.15) is 40.0 Å². The van der Waals surface area contributed by atoms with E-state index in [1.165, 1.54) is 32.5 Å². The molecule has 0 radical (unpaired) electrons. The molecule has 3 rings (SSSR count). The molecule has 0 aromatic carbocycles. The fourth-order valence-corrected chi connectivity index (χ4v) is 3.09. The molecule has 3 fully saturated rings. The van der Waals surface area contributed by atoms with Gasteiger partial charge in [0.1, 0.15) is 5.60 Å². The average molecular weight is 254 g/mol. The van der Waals surface area contributed by atoms with Gasteiger partial charge in [-0.05, 0) is 65.0 Å². The van der Waals surface area contributed by atoms with Gasteiger partial charge >= 0.3 is 6.09 Å². The van der Waals surface area contributed by atoms with Gasteiger partial charge < -0.3 is 15.0 Å². The summed E-state index contributed by atoms with van der Waals surface area (Å²) in [7, 11) is 0. The Kier molecular flexibility index (Phi) is 4.15. The number of nitrogens with zero attached hydrogens (tertiary/aromatic N) is 1. The molecule has 4 heteroatoms. The molecule has 0 spiro atoms. The molecule has 2 bridgehead atoms. The first-order valence-corrected chi connectivity index (χ1v) is 7.13. The second kappa shape index (κ2) is 5.47. The molecule has 0 aromatic rings. The monoisotopic (exact) mass is 254 g/mol. The lowest BCUT2D eigenvalue weighted by Gasteiger charge is -2.45. The van der Waals surface area contributed by atoms with E-state index in [-0.39, 0.29) is 6.09 Å². The number of rotatable bonds is 3. The van der Waals surface area contributed by atoms with Crippen molar-refractivity contribution in [2.24, 2.45) is 11.8 Å². The maximum atomic E-state index is 11.5. The highest BCUT2D eigenvalue weighted by Gasteiger charge is 2.33. The Morgan fingerprint density at radius 1 is 1.33 bits per heavy atom. The molecule has 18 heavy (non-hydrogen) atoms. The molecule has 1 atom stereocenters. The van der Waals surface area contributed by atoms with Crippen molar-refractivity contribution in [3.05, 3.63) is 0 Å². The van der Waals surface area contributed by atoms with Gasteiger partial charge in [0.05, 0.1) is 0 Å². The maximum Gasteiger partial charge on any atom is 0.407 e. The zero-order valence-electron chi connectivity index (χ0n) is 11.9. The van der Waals surface area contributed by atoms with Crippen LogP contribution in [0.5, 0.6) is 0 Å². The topological polar surface area (TPSA) is 41.6 Å². The number of carbonyl (C=O) groups is 1. The number of hydrogen-bond acceptors (Lipinski definition) is 3. The molecule has 104 valence electrons. The van der Waals surface area contributed by atoms with Crippen LogP contribution in [0.15, 0.2) is 0 Å². The predicted molar refractivity (Wildman–Crippen MR) is 71.5 cm³/mol. The Hall–Kier alpha value is -0.770. The summed E-state index contributed by atoms with van der Waals surface area (Å²) in [6.07, 6.45) is 3.48. The van der Waals surface area contributed by atoms with E-state index in [9.17, 15) is 4.79 Å². The summed E-state index contributed by atoms with van der Waals surface area (Å²) in [5.74, 6) is 1.65. The van der Waals surface area contributed by atoms with Crippen molar-refractivity contribution in [1.82, 2.24) is 10.2 Å². The predicted octanol–water partition coefficient (Wildman–Crippen LogP) is 2.24. The highest BCUT2D eigenvalue weighted by atomic mass is 16.6. The lowest BCUT2D eigenvalue weighted by atomic mass is 9.77. The number of fused-ring (bicyclic) bond motifs is 3. The van der Waals surface area contributed by atoms with Crippen LogP contribution in [0.3, 0.4) is 0 Å². The van der Waals surface area contributed by atoms with Crippen molar-refractivity contribution < 1.29 is 9.53 Å². The minimum Gasteiger partial charge on any atom is -0.444 e. The third-order valence-electron chi connectivity index (χ3n) is 3.97.